The number of para-hydroxylation sites is 1. The highest BCUT2D eigenvalue weighted by atomic mass is 35.5. The monoisotopic (exact) mass is 319 g/mol. The molecule has 3 nitrogen and oxygen atoms in total. The first-order chi connectivity index (χ1) is 10.7. The van der Waals surface area contributed by atoms with Crippen LogP contribution in [0.4, 0.5) is 4.39 Å². The standard InChI is InChI=1S/C17H15ClFNO2/c18-14-6-5-11(7-15(14)19)16(9-21)20-8-12-10-22-17-4-2-1-3-13(12)17/h1-7,10,16,20-21H,8-9H2. The normalized spacial score (nSPS) is 12.7. The fourth-order valence-electron chi connectivity index (χ4n) is 2.42. The van der Waals surface area contributed by atoms with Gasteiger partial charge in [-0.15, -0.1) is 0 Å². The molecule has 0 aliphatic rings. The van der Waals surface area contributed by atoms with Crippen molar-refractivity contribution >= 4 is 22.6 Å². The van der Waals surface area contributed by atoms with Crippen LogP contribution in [0, 0.1) is 5.82 Å². The lowest BCUT2D eigenvalue weighted by Gasteiger charge is -2.16. The minimum Gasteiger partial charge on any atom is -0.464 e. The number of hydrogen-bond acceptors (Lipinski definition) is 3. The Bertz CT molecular complexity index is 787. The van der Waals surface area contributed by atoms with Gasteiger partial charge in [-0.05, 0) is 23.8 Å². The molecule has 2 aromatic carbocycles. The maximum atomic E-state index is 13.5. The number of fused-ring (bicyclic) bond motifs is 1. The largest absolute Gasteiger partial charge is 0.464 e. The number of halogens is 2. The van der Waals surface area contributed by atoms with Gasteiger partial charge in [0.25, 0.3) is 0 Å². The molecular formula is C17H15ClFNO2. The smallest absolute Gasteiger partial charge is 0.142 e. The molecular weight excluding hydrogens is 305 g/mol. The lowest BCUT2D eigenvalue weighted by molar-refractivity contribution is 0.243. The molecule has 1 atom stereocenters. The average Bonchev–Trinajstić information content (AvgIpc) is 2.95. The van der Waals surface area contributed by atoms with Crippen LogP contribution in [0.1, 0.15) is 17.2 Å². The summed E-state index contributed by atoms with van der Waals surface area (Å²) in [4.78, 5) is 0. The van der Waals surface area contributed by atoms with E-state index in [4.69, 9.17) is 16.0 Å². The second-order valence-corrected chi connectivity index (χ2v) is 5.45. The molecule has 0 aliphatic heterocycles. The zero-order valence-electron chi connectivity index (χ0n) is 11.7. The van der Waals surface area contributed by atoms with Crippen LogP contribution in [-0.4, -0.2) is 11.7 Å². The molecule has 22 heavy (non-hydrogen) atoms. The Balaban J connectivity index is 1.77. The lowest BCUT2D eigenvalue weighted by atomic mass is 10.1. The summed E-state index contributed by atoms with van der Waals surface area (Å²) in [5.74, 6) is -0.492. The summed E-state index contributed by atoms with van der Waals surface area (Å²) in [6, 6.07) is 11.9. The van der Waals surface area contributed by atoms with E-state index in [0.717, 1.165) is 16.5 Å². The van der Waals surface area contributed by atoms with Gasteiger partial charge >= 0.3 is 0 Å². The van der Waals surface area contributed by atoms with Crippen LogP contribution in [0.25, 0.3) is 11.0 Å². The summed E-state index contributed by atoms with van der Waals surface area (Å²) >= 11 is 5.68. The molecule has 0 amide bonds. The Hall–Kier alpha value is -1.88. The van der Waals surface area contributed by atoms with Crippen molar-refractivity contribution in [1.29, 1.82) is 0 Å². The summed E-state index contributed by atoms with van der Waals surface area (Å²) in [7, 11) is 0. The second-order valence-electron chi connectivity index (χ2n) is 5.05. The molecule has 1 unspecified atom stereocenters. The van der Waals surface area contributed by atoms with Crippen molar-refractivity contribution in [3.8, 4) is 0 Å². The van der Waals surface area contributed by atoms with Gasteiger partial charge in [0.1, 0.15) is 11.4 Å². The third kappa shape index (κ3) is 2.99. The lowest BCUT2D eigenvalue weighted by Crippen LogP contribution is -2.24. The highest BCUT2D eigenvalue weighted by Crippen LogP contribution is 2.23. The number of furan rings is 1. The molecule has 0 radical (unpaired) electrons. The van der Waals surface area contributed by atoms with E-state index in [9.17, 15) is 9.50 Å². The number of nitrogens with one attached hydrogen (secondary N) is 1. The first kappa shape index (κ1) is 15.0. The van der Waals surface area contributed by atoms with Gasteiger partial charge < -0.3 is 14.8 Å². The summed E-state index contributed by atoms with van der Waals surface area (Å²) in [6.45, 7) is 0.364. The molecule has 5 heteroatoms. The molecule has 3 aromatic rings. The van der Waals surface area contributed by atoms with E-state index >= 15 is 0 Å². The maximum Gasteiger partial charge on any atom is 0.142 e. The number of hydrogen-bond donors (Lipinski definition) is 2. The number of aliphatic hydroxyl groups is 1. The summed E-state index contributed by atoms with van der Waals surface area (Å²) in [6.07, 6.45) is 1.69. The quantitative estimate of drug-likeness (QED) is 0.746. The van der Waals surface area contributed by atoms with Crippen molar-refractivity contribution in [2.75, 3.05) is 6.61 Å². The fourth-order valence-corrected chi connectivity index (χ4v) is 2.54. The van der Waals surface area contributed by atoms with Crippen LogP contribution < -0.4 is 5.32 Å². The SMILES string of the molecule is OCC(NCc1coc2ccccc12)c1ccc(Cl)c(F)c1. The van der Waals surface area contributed by atoms with E-state index in [-0.39, 0.29) is 17.7 Å². The minimum atomic E-state index is -0.492. The van der Waals surface area contributed by atoms with Gasteiger partial charge in [-0.2, -0.15) is 0 Å². The van der Waals surface area contributed by atoms with Crippen molar-refractivity contribution in [3.05, 3.63) is 70.7 Å². The summed E-state index contributed by atoms with van der Waals surface area (Å²) in [5.41, 5.74) is 2.46. The third-order valence-corrected chi connectivity index (χ3v) is 3.94. The molecule has 0 saturated heterocycles. The Morgan fingerprint density at radius 3 is 2.82 bits per heavy atom. The van der Waals surface area contributed by atoms with Gasteiger partial charge in [-0.25, -0.2) is 4.39 Å². The van der Waals surface area contributed by atoms with Crippen LogP contribution >= 0.6 is 11.6 Å². The Morgan fingerprint density at radius 2 is 2.05 bits per heavy atom. The van der Waals surface area contributed by atoms with E-state index in [2.05, 4.69) is 5.32 Å². The van der Waals surface area contributed by atoms with Gasteiger partial charge in [0, 0.05) is 17.5 Å². The molecule has 0 spiro atoms. The van der Waals surface area contributed by atoms with E-state index in [1.165, 1.54) is 12.1 Å². The van der Waals surface area contributed by atoms with Crippen LogP contribution in [0.2, 0.25) is 5.02 Å². The molecule has 3 rings (SSSR count). The van der Waals surface area contributed by atoms with Crippen molar-refractivity contribution in [2.45, 2.75) is 12.6 Å². The van der Waals surface area contributed by atoms with Gasteiger partial charge in [0.15, 0.2) is 0 Å². The molecule has 114 valence electrons. The van der Waals surface area contributed by atoms with Crippen LogP contribution in [0.3, 0.4) is 0 Å². The van der Waals surface area contributed by atoms with Crippen molar-refractivity contribution in [2.24, 2.45) is 0 Å². The molecule has 1 heterocycles. The molecule has 0 fully saturated rings. The zero-order valence-corrected chi connectivity index (χ0v) is 12.5. The first-order valence-corrected chi connectivity index (χ1v) is 7.31. The molecule has 1 aromatic heterocycles. The number of benzene rings is 2. The highest BCUT2D eigenvalue weighted by molar-refractivity contribution is 6.30. The zero-order chi connectivity index (χ0) is 15.5. The van der Waals surface area contributed by atoms with Crippen molar-refractivity contribution in [3.63, 3.8) is 0 Å². The van der Waals surface area contributed by atoms with Gasteiger partial charge in [0.2, 0.25) is 0 Å². The third-order valence-electron chi connectivity index (χ3n) is 3.63. The van der Waals surface area contributed by atoms with Gasteiger partial charge in [0.05, 0.1) is 23.9 Å². The van der Waals surface area contributed by atoms with Gasteiger partial charge in [-0.3, -0.25) is 0 Å². The summed E-state index contributed by atoms with van der Waals surface area (Å²) < 4.78 is 19.0. The summed E-state index contributed by atoms with van der Waals surface area (Å²) in [5, 5.41) is 13.8. The van der Waals surface area contributed by atoms with Crippen LogP contribution in [0.5, 0.6) is 0 Å². The van der Waals surface area contributed by atoms with E-state index in [0.29, 0.717) is 12.1 Å². The van der Waals surface area contributed by atoms with E-state index in [1.54, 1.807) is 12.3 Å². The van der Waals surface area contributed by atoms with Crippen molar-refractivity contribution in [1.82, 2.24) is 5.32 Å². The van der Waals surface area contributed by atoms with Crippen LogP contribution in [0.15, 0.2) is 53.1 Å². The Labute approximate surface area is 132 Å². The van der Waals surface area contributed by atoms with Crippen molar-refractivity contribution < 1.29 is 13.9 Å². The average molecular weight is 320 g/mol. The van der Waals surface area contributed by atoms with Crippen LogP contribution in [-0.2, 0) is 6.54 Å². The molecule has 0 bridgehead atoms. The second kappa shape index (κ2) is 6.48. The predicted molar refractivity (Wildman–Crippen MR) is 84.3 cm³/mol. The topological polar surface area (TPSA) is 45.4 Å². The highest BCUT2D eigenvalue weighted by Gasteiger charge is 2.13. The Kier molecular flexibility index (Phi) is 4.43. The number of aliphatic hydroxyl groups excluding tert-OH is 1. The van der Waals surface area contributed by atoms with E-state index < -0.39 is 5.82 Å². The Morgan fingerprint density at radius 1 is 1.23 bits per heavy atom. The first-order valence-electron chi connectivity index (χ1n) is 6.93. The predicted octanol–water partition coefficient (Wildman–Crippen LogP) is 4.05. The molecule has 2 N–H and O–H groups in total. The van der Waals surface area contributed by atoms with Gasteiger partial charge in [-0.1, -0.05) is 35.9 Å². The number of rotatable bonds is 5. The molecule has 0 saturated carbocycles. The van der Waals surface area contributed by atoms with E-state index in [1.807, 2.05) is 24.3 Å². The molecule has 0 aliphatic carbocycles. The fraction of sp³-hybridized carbons (Fsp3) is 0.176. The maximum absolute atomic E-state index is 13.5. The minimum absolute atomic E-state index is 0.0706.